The number of carbonyl (C=O) groups is 1. The van der Waals surface area contributed by atoms with Gasteiger partial charge in [-0.2, -0.15) is 5.26 Å². The van der Waals surface area contributed by atoms with Gasteiger partial charge in [-0.25, -0.2) is 0 Å². The van der Waals surface area contributed by atoms with E-state index in [1.807, 2.05) is 30.1 Å². The second-order valence-electron chi connectivity index (χ2n) is 6.50. The van der Waals surface area contributed by atoms with E-state index in [9.17, 15) is 10.1 Å². The van der Waals surface area contributed by atoms with E-state index < -0.39 is 5.54 Å². The summed E-state index contributed by atoms with van der Waals surface area (Å²) in [6, 6.07) is 7.93. The van der Waals surface area contributed by atoms with Crippen molar-refractivity contribution in [1.82, 2.24) is 10.2 Å². The van der Waals surface area contributed by atoms with Gasteiger partial charge in [0.05, 0.1) is 26.8 Å². The average molecular weight is 331 g/mol. The summed E-state index contributed by atoms with van der Waals surface area (Å²) in [6.45, 7) is 2.63. The van der Waals surface area contributed by atoms with Crippen LogP contribution in [0.1, 0.15) is 25.3 Å². The summed E-state index contributed by atoms with van der Waals surface area (Å²) in [4.78, 5) is 14.1. The van der Waals surface area contributed by atoms with E-state index in [0.717, 1.165) is 18.4 Å². The number of hydrogen-bond acceptors (Lipinski definition) is 5. The molecule has 0 unspecified atom stereocenters. The van der Waals surface area contributed by atoms with E-state index >= 15 is 0 Å². The number of ether oxygens (including phenoxy) is 2. The Morgan fingerprint density at radius 3 is 2.58 bits per heavy atom. The van der Waals surface area contributed by atoms with Crippen molar-refractivity contribution in [1.29, 1.82) is 5.26 Å². The van der Waals surface area contributed by atoms with Gasteiger partial charge >= 0.3 is 0 Å². The van der Waals surface area contributed by atoms with E-state index in [1.54, 1.807) is 21.1 Å². The molecule has 130 valence electrons. The molecule has 1 aromatic rings. The van der Waals surface area contributed by atoms with Crippen molar-refractivity contribution in [3.8, 4) is 17.6 Å². The van der Waals surface area contributed by atoms with Gasteiger partial charge in [-0.1, -0.05) is 6.07 Å². The molecule has 1 aliphatic carbocycles. The molecule has 0 spiro atoms. The topological polar surface area (TPSA) is 74.6 Å². The number of nitrogens with one attached hydrogen (secondary N) is 1. The number of nitriles is 1. The van der Waals surface area contributed by atoms with Gasteiger partial charge < -0.3 is 14.8 Å². The molecule has 0 heterocycles. The van der Waals surface area contributed by atoms with E-state index in [4.69, 9.17) is 9.47 Å². The van der Waals surface area contributed by atoms with Crippen molar-refractivity contribution in [2.45, 2.75) is 31.8 Å². The quantitative estimate of drug-likeness (QED) is 0.788. The summed E-state index contributed by atoms with van der Waals surface area (Å²) in [6.07, 6.45) is 2.01. The maximum atomic E-state index is 12.2. The Morgan fingerprint density at radius 1 is 1.38 bits per heavy atom. The summed E-state index contributed by atoms with van der Waals surface area (Å²) >= 11 is 0. The molecule has 0 aromatic heterocycles. The van der Waals surface area contributed by atoms with Gasteiger partial charge in [0.1, 0.15) is 5.54 Å². The number of rotatable bonds is 8. The third-order valence-electron chi connectivity index (χ3n) is 4.34. The van der Waals surface area contributed by atoms with E-state index in [1.165, 1.54) is 0 Å². The van der Waals surface area contributed by atoms with Gasteiger partial charge in [-0.05, 0) is 50.4 Å². The Bertz CT molecular complexity index is 637. The smallest absolute Gasteiger partial charge is 0.235 e. The predicted molar refractivity (Wildman–Crippen MR) is 90.8 cm³/mol. The Labute approximate surface area is 143 Å². The highest BCUT2D eigenvalue weighted by Crippen LogP contribution is 2.39. The molecule has 0 bridgehead atoms. The summed E-state index contributed by atoms with van der Waals surface area (Å²) in [7, 11) is 5.07. The third kappa shape index (κ3) is 4.39. The first-order valence-electron chi connectivity index (χ1n) is 8.03. The standard InChI is InChI=1S/C18H25N3O3/c1-18(12-19,14-6-7-14)20-17(22)11-21(2)10-13-5-8-15(23-3)16(9-13)24-4/h5,8-9,14H,6-7,10-11H2,1-4H3,(H,20,22)/t18-/m1/s1. The van der Waals surface area contributed by atoms with Crippen LogP contribution in [0.2, 0.25) is 0 Å². The lowest BCUT2D eigenvalue weighted by molar-refractivity contribution is -0.123. The van der Waals surface area contributed by atoms with E-state index in [-0.39, 0.29) is 18.4 Å². The average Bonchev–Trinajstić information content (AvgIpc) is 3.39. The van der Waals surface area contributed by atoms with Crippen LogP contribution in [0.5, 0.6) is 11.5 Å². The molecule has 2 rings (SSSR count). The zero-order valence-electron chi connectivity index (χ0n) is 14.8. The molecule has 1 aliphatic rings. The lowest BCUT2D eigenvalue weighted by atomic mass is 9.98. The number of hydrogen-bond donors (Lipinski definition) is 1. The first-order chi connectivity index (χ1) is 11.4. The maximum absolute atomic E-state index is 12.2. The van der Waals surface area contributed by atoms with Crippen LogP contribution in [0.3, 0.4) is 0 Å². The number of likely N-dealkylation sites (N-methyl/N-ethyl adjacent to an activating group) is 1. The molecule has 0 aliphatic heterocycles. The van der Waals surface area contributed by atoms with Gasteiger partial charge in [0.25, 0.3) is 0 Å². The monoisotopic (exact) mass is 331 g/mol. The minimum atomic E-state index is -0.749. The lowest BCUT2D eigenvalue weighted by Crippen LogP contribution is -2.49. The van der Waals surface area contributed by atoms with E-state index in [0.29, 0.717) is 18.0 Å². The fourth-order valence-electron chi connectivity index (χ4n) is 2.80. The summed E-state index contributed by atoms with van der Waals surface area (Å²) in [5, 5.41) is 12.2. The molecule has 0 saturated heterocycles. The zero-order valence-corrected chi connectivity index (χ0v) is 14.8. The first-order valence-corrected chi connectivity index (χ1v) is 8.03. The van der Waals surface area contributed by atoms with Crippen molar-refractivity contribution in [3.05, 3.63) is 23.8 Å². The number of carbonyl (C=O) groups excluding carboxylic acids is 1. The Kier molecular flexibility index (Phi) is 5.68. The molecule has 1 N–H and O–H groups in total. The third-order valence-corrected chi connectivity index (χ3v) is 4.34. The minimum absolute atomic E-state index is 0.131. The summed E-state index contributed by atoms with van der Waals surface area (Å²) in [5.41, 5.74) is 0.273. The highest BCUT2D eigenvalue weighted by atomic mass is 16.5. The largest absolute Gasteiger partial charge is 0.493 e. The van der Waals surface area contributed by atoms with Gasteiger partial charge in [0.2, 0.25) is 5.91 Å². The molecular formula is C18H25N3O3. The van der Waals surface area contributed by atoms with Gasteiger partial charge in [0.15, 0.2) is 11.5 Å². The Hall–Kier alpha value is -2.26. The fourth-order valence-corrected chi connectivity index (χ4v) is 2.80. The van der Waals surface area contributed by atoms with Crippen molar-refractivity contribution in [2.24, 2.45) is 5.92 Å². The van der Waals surface area contributed by atoms with Crippen molar-refractivity contribution >= 4 is 5.91 Å². The normalized spacial score (nSPS) is 16.2. The van der Waals surface area contributed by atoms with Crippen molar-refractivity contribution in [2.75, 3.05) is 27.8 Å². The van der Waals surface area contributed by atoms with Crippen LogP contribution in [0.15, 0.2) is 18.2 Å². The van der Waals surface area contributed by atoms with Crippen LogP contribution in [0, 0.1) is 17.2 Å². The summed E-state index contributed by atoms with van der Waals surface area (Å²) in [5.74, 6) is 1.49. The number of benzene rings is 1. The van der Waals surface area contributed by atoms with E-state index in [2.05, 4.69) is 11.4 Å². The molecule has 24 heavy (non-hydrogen) atoms. The van der Waals surface area contributed by atoms with Crippen LogP contribution in [-0.4, -0.2) is 44.2 Å². The van der Waals surface area contributed by atoms with Crippen LogP contribution in [-0.2, 0) is 11.3 Å². The predicted octanol–water partition coefficient (Wildman–Crippen LogP) is 1.94. The molecule has 0 radical (unpaired) electrons. The second-order valence-corrected chi connectivity index (χ2v) is 6.50. The molecular weight excluding hydrogens is 306 g/mol. The van der Waals surface area contributed by atoms with Crippen molar-refractivity contribution in [3.63, 3.8) is 0 Å². The zero-order chi connectivity index (χ0) is 17.7. The Morgan fingerprint density at radius 2 is 2.04 bits per heavy atom. The van der Waals surface area contributed by atoms with Crippen LogP contribution in [0.4, 0.5) is 0 Å². The number of amides is 1. The minimum Gasteiger partial charge on any atom is -0.493 e. The molecule has 1 atom stereocenters. The molecule has 1 aromatic carbocycles. The molecule has 1 amide bonds. The second kappa shape index (κ2) is 7.54. The number of nitrogens with zero attached hydrogens (tertiary/aromatic N) is 2. The van der Waals surface area contributed by atoms with Crippen LogP contribution < -0.4 is 14.8 Å². The maximum Gasteiger partial charge on any atom is 0.235 e. The lowest BCUT2D eigenvalue weighted by Gasteiger charge is -2.25. The van der Waals surface area contributed by atoms with Gasteiger partial charge in [-0.3, -0.25) is 9.69 Å². The fraction of sp³-hybridized carbons (Fsp3) is 0.556. The molecule has 1 saturated carbocycles. The SMILES string of the molecule is COc1ccc(CN(C)CC(=O)N[C@](C)(C#N)C2CC2)cc1OC. The highest BCUT2D eigenvalue weighted by molar-refractivity contribution is 5.79. The van der Waals surface area contributed by atoms with Gasteiger partial charge in [-0.15, -0.1) is 0 Å². The van der Waals surface area contributed by atoms with Crippen LogP contribution >= 0.6 is 0 Å². The molecule has 1 fully saturated rings. The first kappa shape index (κ1) is 18.1. The number of methoxy groups -OCH3 is 2. The summed E-state index contributed by atoms with van der Waals surface area (Å²) < 4.78 is 10.5. The molecule has 6 heteroatoms. The molecule has 6 nitrogen and oxygen atoms in total. The van der Waals surface area contributed by atoms with Gasteiger partial charge in [0, 0.05) is 6.54 Å². The Balaban J connectivity index is 1.92. The van der Waals surface area contributed by atoms with Crippen molar-refractivity contribution < 1.29 is 14.3 Å². The highest BCUT2D eigenvalue weighted by Gasteiger charge is 2.43. The van der Waals surface area contributed by atoms with Crippen LogP contribution in [0.25, 0.3) is 0 Å².